The van der Waals surface area contributed by atoms with E-state index in [1.54, 1.807) is 31.4 Å². The van der Waals surface area contributed by atoms with E-state index < -0.39 is 6.23 Å². The number of aliphatic hydroxyl groups is 1. The number of carbonyl (C=O) groups is 1. The van der Waals surface area contributed by atoms with Crippen LogP contribution in [0.25, 0.3) is 0 Å². The van der Waals surface area contributed by atoms with Crippen LogP contribution in [0.5, 0.6) is 11.5 Å². The number of aliphatic hydroxyl groups excluding tert-OH is 1. The molecule has 1 heterocycles. The quantitative estimate of drug-likeness (QED) is 0.283. The molecule has 1 amide bonds. The van der Waals surface area contributed by atoms with Crippen molar-refractivity contribution >= 4 is 23.6 Å². The molecule has 7 heteroatoms. The number of hydrogen-bond acceptors (Lipinski definition) is 6. The molecule has 0 spiro atoms. The summed E-state index contributed by atoms with van der Waals surface area (Å²) < 4.78 is 11.6. The molecule has 0 saturated heterocycles. The highest BCUT2D eigenvalue weighted by Gasteiger charge is 2.29. The average Bonchev–Trinajstić information content (AvgIpc) is 2.94. The highest BCUT2D eigenvalue weighted by Crippen LogP contribution is 2.36. The molecule has 0 bridgehead atoms. The summed E-state index contributed by atoms with van der Waals surface area (Å²) in [5.74, 6) is 2.02. The summed E-state index contributed by atoms with van der Waals surface area (Å²) >= 11 is 0. The van der Waals surface area contributed by atoms with Crippen molar-refractivity contribution < 1.29 is 19.4 Å². The van der Waals surface area contributed by atoms with Crippen LogP contribution in [0.4, 0.5) is 11.4 Å². The zero-order valence-corrected chi connectivity index (χ0v) is 21.3. The molecule has 1 aliphatic rings. The number of carbonyl (C=O) groups excluding carboxylic acids is 1. The van der Waals surface area contributed by atoms with Crippen molar-refractivity contribution in [1.82, 2.24) is 4.90 Å². The summed E-state index contributed by atoms with van der Waals surface area (Å²) in [7, 11) is 1.63. The second kappa shape index (κ2) is 11.2. The van der Waals surface area contributed by atoms with Gasteiger partial charge in [-0.05, 0) is 61.0 Å². The fraction of sp³-hybridized carbons (Fsp3) is 0.161. The molecule has 0 fully saturated rings. The molecule has 5 rings (SSSR count). The lowest BCUT2D eigenvalue weighted by atomic mass is 10.0. The van der Waals surface area contributed by atoms with Crippen molar-refractivity contribution in [2.24, 2.45) is 4.99 Å². The monoisotopic (exact) mass is 507 g/mol. The van der Waals surface area contributed by atoms with Gasteiger partial charge in [0.25, 0.3) is 0 Å². The molecule has 0 saturated carbocycles. The number of ether oxygens (including phenoxy) is 2. The molecule has 1 aliphatic heterocycles. The minimum atomic E-state index is -0.848. The van der Waals surface area contributed by atoms with Crippen molar-refractivity contribution in [2.75, 3.05) is 12.4 Å². The average molecular weight is 508 g/mol. The van der Waals surface area contributed by atoms with E-state index in [9.17, 15) is 9.90 Å². The first kappa shape index (κ1) is 25.0. The van der Waals surface area contributed by atoms with Gasteiger partial charge in [-0.15, -0.1) is 0 Å². The van der Waals surface area contributed by atoms with Gasteiger partial charge in [0.2, 0.25) is 6.41 Å². The Bertz CT molecular complexity index is 1470. The predicted octanol–water partition coefficient (Wildman–Crippen LogP) is 5.74. The number of benzene rings is 4. The van der Waals surface area contributed by atoms with Crippen LogP contribution in [0.2, 0.25) is 0 Å². The van der Waals surface area contributed by atoms with Gasteiger partial charge in [0.05, 0.1) is 12.8 Å². The topological polar surface area (TPSA) is 83.4 Å². The highest BCUT2D eigenvalue weighted by atomic mass is 16.5. The zero-order chi connectivity index (χ0) is 26.5. The Kier molecular flexibility index (Phi) is 7.38. The Morgan fingerprint density at radius 2 is 1.82 bits per heavy atom. The number of methoxy groups -OCH3 is 1. The summed E-state index contributed by atoms with van der Waals surface area (Å²) in [6.07, 6.45) is -0.211. The third-order valence-corrected chi connectivity index (χ3v) is 6.46. The Morgan fingerprint density at radius 3 is 2.58 bits per heavy atom. The Morgan fingerprint density at radius 1 is 1.00 bits per heavy atom. The first-order valence-electron chi connectivity index (χ1n) is 12.3. The summed E-state index contributed by atoms with van der Waals surface area (Å²) in [6, 6.07) is 28.9. The molecular formula is C31H29N3O4. The van der Waals surface area contributed by atoms with Gasteiger partial charge in [-0.2, -0.15) is 0 Å². The maximum absolute atomic E-state index is 11.4. The van der Waals surface area contributed by atoms with Crippen LogP contribution in [0.15, 0.2) is 96.0 Å². The molecule has 4 aromatic rings. The largest absolute Gasteiger partial charge is 0.496 e. The molecule has 1 unspecified atom stereocenters. The minimum absolute atomic E-state index is 0.266. The lowest BCUT2D eigenvalue weighted by Crippen LogP contribution is -2.37. The van der Waals surface area contributed by atoms with Crippen molar-refractivity contribution in [3.05, 3.63) is 119 Å². The standard InChI is InChI=1S/C31H29N3O4/c1-21-6-5-7-22(16-21)18-34-30(33-28-9-4-3-8-27(28)31(34)36)23-10-15-29(37-2)24(17-23)19-38-26-13-11-25(12-14-26)32-20-35/h3-17,20,31,36H,18-19H2,1-2H3,(H,32,35). The molecule has 0 radical (unpaired) electrons. The smallest absolute Gasteiger partial charge is 0.211 e. The molecule has 0 aliphatic carbocycles. The van der Waals surface area contributed by atoms with E-state index in [4.69, 9.17) is 14.5 Å². The molecule has 4 aromatic carbocycles. The molecular weight excluding hydrogens is 478 g/mol. The number of rotatable bonds is 9. The van der Waals surface area contributed by atoms with Crippen LogP contribution >= 0.6 is 0 Å². The van der Waals surface area contributed by atoms with Crippen LogP contribution in [0.1, 0.15) is 34.0 Å². The second-order valence-corrected chi connectivity index (χ2v) is 9.09. The van der Waals surface area contributed by atoms with E-state index in [-0.39, 0.29) is 6.61 Å². The maximum Gasteiger partial charge on any atom is 0.211 e. The van der Waals surface area contributed by atoms with Crippen molar-refractivity contribution in [2.45, 2.75) is 26.3 Å². The molecule has 192 valence electrons. The summed E-state index contributed by atoms with van der Waals surface area (Å²) in [4.78, 5) is 17.5. The first-order valence-corrected chi connectivity index (χ1v) is 12.3. The predicted molar refractivity (Wildman–Crippen MR) is 148 cm³/mol. The summed E-state index contributed by atoms with van der Waals surface area (Å²) in [6.45, 7) is 2.82. The van der Waals surface area contributed by atoms with Crippen LogP contribution in [0.3, 0.4) is 0 Å². The number of fused-ring (bicyclic) bond motifs is 1. The first-order chi connectivity index (χ1) is 18.6. The van der Waals surface area contributed by atoms with Crippen LogP contribution in [-0.4, -0.2) is 29.4 Å². The van der Waals surface area contributed by atoms with Crippen molar-refractivity contribution in [3.63, 3.8) is 0 Å². The molecule has 2 N–H and O–H groups in total. The van der Waals surface area contributed by atoms with E-state index in [2.05, 4.69) is 30.4 Å². The Labute approximate surface area is 222 Å². The number of nitrogens with zero attached hydrogens (tertiary/aromatic N) is 2. The molecule has 38 heavy (non-hydrogen) atoms. The lowest BCUT2D eigenvalue weighted by Gasteiger charge is -2.35. The SMILES string of the molecule is COc1ccc(C2=Nc3ccccc3C(O)N2Cc2cccc(C)c2)cc1COc1ccc(NC=O)cc1. The van der Waals surface area contributed by atoms with E-state index >= 15 is 0 Å². The van der Waals surface area contributed by atoms with Crippen LogP contribution in [-0.2, 0) is 17.9 Å². The third kappa shape index (κ3) is 5.38. The van der Waals surface area contributed by atoms with E-state index in [0.717, 1.165) is 33.5 Å². The number of anilines is 1. The minimum Gasteiger partial charge on any atom is -0.496 e. The van der Waals surface area contributed by atoms with Crippen LogP contribution < -0.4 is 14.8 Å². The molecule has 1 atom stereocenters. The van der Waals surface area contributed by atoms with Gasteiger partial charge in [0.15, 0.2) is 6.23 Å². The summed E-state index contributed by atoms with van der Waals surface area (Å²) in [5.41, 5.74) is 6.13. The van der Waals surface area contributed by atoms with Gasteiger partial charge in [0.1, 0.15) is 23.9 Å². The van der Waals surface area contributed by atoms with Crippen LogP contribution in [0, 0.1) is 6.92 Å². The van der Waals surface area contributed by atoms with Gasteiger partial charge in [0, 0.05) is 28.9 Å². The highest BCUT2D eigenvalue weighted by molar-refractivity contribution is 6.02. The maximum atomic E-state index is 11.4. The fourth-order valence-corrected chi connectivity index (χ4v) is 4.58. The van der Waals surface area contributed by atoms with Gasteiger partial charge in [-0.3, -0.25) is 4.79 Å². The summed E-state index contributed by atoms with van der Waals surface area (Å²) in [5, 5.41) is 14.0. The number of nitrogens with one attached hydrogen (secondary N) is 1. The van der Waals surface area contributed by atoms with Crippen molar-refractivity contribution in [3.8, 4) is 11.5 Å². The van der Waals surface area contributed by atoms with Gasteiger partial charge < -0.3 is 24.8 Å². The van der Waals surface area contributed by atoms with Gasteiger partial charge in [-0.1, -0.05) is 48.0 Å². The number of amides is 1. The van der Waals surface area contributed by atoms with Gasteiger partial charge >= 0.3 is 0 Å². The Balaban J connectivity index is 1.48. The number of para-hydroxylation sites is 1. The van der Waals surface area contributed by atoms with E-state index in [1.807, 2.05) is 53.4 Å². The van der Waals surface area contributed by atoms with E-state index in [1.165, 1.54) is 0 Å². The lowest BCUT2D eigenvalue weighted by molar-refractivity contribution is -0.105. The number of hydrogen-bond donors (Lipinski definition) is 2. The zero-order valence-electron chi connectivity index (χ0n) is 21.3. The van der Waals surface area contributed by atoms with Gasteiger partial charge in [-0.25, -0.2) is 4.99 Å². The number of amidine groups is 1. The number of aliphatic imine (C=N–C) groups is 1. The Hall–Kier alpha value is -4.62. The second-order valence-electron chi connectivity index (χ2n) is 9.09. The van der Waals surface area contributed by atoms with Crippen molar-refractivity contribution in [1.29, 1.82) is 0 Å². The fourth-order valence-electron chi connectivity index (χ4n) is 4.58. The number of aryl methyl sites for hydroxylation is 1. The molecule has 7 nitrogen and oxygen atoms in total. The molecule has 0 aromatic heterocycles. The van der Waals surface area contributed by atoms with E-state index in [0.29, 0.717) is 36.0 Å². The normalized spacial score (nSPS) is 14.3. The third-order valence-electron chi connectivity index (χ3n) is 6.46.